The molecule has 0 aliphatic rings. The van der Waals surface area contributed by atoms with Crippen molar-refractivity contribution in [2.75, 3.05) is 0 Å². The Kier molecular flexibility index (Phi) is 6.16. The van der Waals surface area contributed by atoms with Gasteiger partial charge < -0.3 is 5.32 Å². The van der Waals surface area contributed by atoms with Crippen molar-refractivity contribution in [3.05, 3.63) is 28.2 Å². The standard InChI is InChI=1S/C13H19BrN2O3S/c1-3-4-5-9(2)16-13(17)11-8-10(20(15,18)19)6-7-12(11)14/h6-9H,3-5H2,1-2H3,(H,16,17)(H2,15,18,19). The van der Waals surface area contributed by atoms with Gasteiger partial charge in [0.2, 0.25) is 10.0 Å². The molecule has 0 heterocycles. The maximum atomic E-state index is 12.1. The van der Waals surface area contributed by atoms with Gasteiger partial charge in [-0.05, 0) is 47.5 Å². The van der Waals surface area contributed by atoms with Crippen LogP contribution in [0.3, 0.4) is 0 Å². The Bertz CT molecular complexity index is 587. The van der Waals surface area contributed by atoms with Crippen LogP contribution in [0.15, 0.2) is 27.6 Å². The lowest BCUT2D eigenvalue weighted by Gasteiger charge is -2.14. The molecule has 0 saturated heterocycles. The molecule has 1 atom stereocenters. The predicted molar refractivity (Wildman–Crippen MR) is 82.0 cm³/mol. The van der Waals surface area contributed by atoms with Gasteiger partial charge in [0, 0.05) is 10.5 Å². The Balaban J connectivity index is 2.93. The molecule has 7 heteroatoms. The van der Waals surface area contributed by atoms with E-state index in [1.165, 1.54) is 18.2 Å². The van der Waals surface area contributed by atoms with E-state index in [9.17, 15) is 13.2 Å². The molecule has 0 aromatic heterocycles. The quantitative estimate of drug-likeness (QED) is 0.813. The molecule has 0 aliphatic heterocycles. The Labute approximate surface area is 128 Å². The van der Waals surface area contributed by atoms with E-state index in [4.69, 9.17) is 5.14 Å². The van der Waals surface area contributed by atoms with Crippen LogP contribution in [0.2, 0.25) is 0 Å². The molecule has 3 N–H and O–H groups in total. The molecule has 0 aliphatic carbocycles. The van der Waals surface area contributed by atoms with E-state index in [2.05, 4.69) is 28.2 Å². The van der Waals surface area contributed by atoms with Crippen LogP contribution in [-0.4, -0.2) is 20.4 Å². The minimum absolute atomic E-state index is 0.0347. The fourth-order valence-electron chi connectivity index (χ4n) is 1.74. The summed E-state index contributed by atoms with van der Waals surface area (Å²) < 4.78 is 23.2. The highest BCUT2D eigenvalue weighted by atomic mass is 79.9. The van der Waals surface area contributed by atoms with Gasteiger partial charge in [-0.1, -0.05) is 19.8 Å². The highest BCUT2D eigenvalue weighted by molar-refractivity contribution is 9.10. The van der Waals surface area contributed by atoms with Gasteiger partial charge >= 0.3 is 0 Å². The van der Waals surface area contributed by atoms with Crippen molar-refractivity contribution in [1.29, 1.82) is 0 Å². The van der Waals surface area contributed by atoms with Crippen LogP contribution in [0.5, 0.6) is 0 Å². The van der Waals surface area contributed by atoms with Gasteiger partial charge in [-0.2, -0.15) is 0 Å². The van der Waals surface area contributed by atoms with E-state index in [0.717, 1.165) is 19.3 Å². The number of hydrogen-bond acceptors (Lipinski definition) is 3. The molecule has 112 valence electrons. The zero-order valence-corrected chi connectivity index (χ0v) is 13.9. The minimum Gasteiger partial charge on any atom is -0.350 e. The van der Waals surface area contributed by atoms with Crippen LogP contribution >= 0.6 is 15.9 Å². The first kappa shape index (κ1) is 17.1. The number of carbonyl (C=O) groups is 1. The number of nitrogens with two attached hydrogens (primary N) is 1. The third-order valence-corrected chi connectivity index (χ3v) is 4.48. The molecule has 1 aromatic carbocycles. The smallest absolute Gasteiger partial charge is 0.252 e. The third kappa shape index (κ3) is 4.88. The molecule has 0 spiro atoms. The SMILES string of the molecule is CCCCC(C)NC(=O)c1cc(S(N)(=O)=O)ccc1Br. The number of benzene rings is 1. The predicted octanol–water partition coefficient (Wildman–Crippen LogP) is 2.41. The van der Waals surface area contributed by atoms with Gasteiger partial charge in [-0.15, -0.1) is 0 Å². The Morgan fingerprint density at radius 1 is 1.45 bits per heavy atom. The lowest BCUT2D eigenvalue weighted by molar-refractivity contribution is 0.0937. The number of carbonyl (C=O) groups excluding carboxylic acids is 1. The summed E-state index contributed by atoms with van der Waals surface area (Å²) in [4.78, 5) is 12.1. The Morgan fingerprint density at radius 2 is 2.10 bits per heavy atom. The van der Waals surface area contributed by atoms with Crippen LogP contribution in [0.4, 0.5) is 0 Å². The number of primary sulfonamides is 1. The largest absolute Gasteiger partial charge is 0.350 e. The highest BCUT2D eigenvalue weighted by Gasteiger charge is 2.16. The molecular formula is C13H19BrN2O3S. The van der Waals surface area contributed by atoms with Crippen molar-refractivity contribution >= 4 is 31.9 Å². The van der Waals surface area contributed by atoms with Crippen LogP contribution in [0, 0.1) is 0 Å². The van der Waals surface area contributed by atoms with Gasteiger partial charge in [-0.3, -0.25) is 4.79 Å². The minimum atomic E-state index is -3.82. The summed E-state index contributed by atoms with van der Waals surface area (Å²) in [6, 6.07) is 4.18. The average Bonchev–Trinajstić information content (AvgIpc) is 2.35. The molecule has 20 heavy (non-hydrogen) atoms. The van der Waals surface area contributed by atoms with Crippen molar-refractivity contribution in [3.8, 4) is 0 Å². The fraction of sp³-hybridized carbons (Fsp3) is 0.462. The summed E-state index contributed by atoms with van der Waals surface area (Å²) >= 11 is 3.24. The van der Waals surface area contributed by atoms with Crippen molar-refractivity contribution in [2.24, 2.45) is 5.14 Å². The third-order valence-electron chi connectivity index (χ3n) is 2.88. The lowest BCUT2D eigenvalue weighted by atomic mass is 10.1. The van der Waals surface area contributed by atoms with E-state index < -0.39 is 10.0 Å². The first-order valence-electron chi connectivity index (χ1n) is 6.39. The maximum absolute atomic E-state index is 12.1. The summed E-state index contributed by atoms with van der Waals surface area (Å²) in [6.07, 6.45) is 2.97. The van der Waals surface area contributed by atoms with Crippen LogP contribution < -0.4 is 10.5 Å². The number of halogens is 1. The molecule has 0 fully saturated rings. The van der Waals surface area contributed by atoms with Crippen molar-refractivity contribution in [3.63, 3.8) is 0 Å². The fourth-order valence-corrected chi connectivity index (χ4v) is 2.71. The molecule has 1 unspecified atom stereocenters. The maximum Gasteiger partial charge on any atom is 0.252 e. The second-order valence-corrected chi connectivity index (χ2v) is 7.12. The van der Waals surface area contributed by atoms with Gasteiger partial charge in [0.1, 0.15) is 0 Å². The van der Waals surface area contributed by atoms with E-state index in [0.29, 0.717) is 4.47 Å². The summed E-state index contributed by atoms with van der Waals surface area (Å²) in [5.74, 6) is -0.314. The van der Waals surface area contributed by atoms with E-state index in [-0.39, 0.29) is 22.4 Å². The van der Waals surface area contributed by atoms with Gasteiger partial charge in [0.15, 0.2) is 0 Å². The van der Waals surface area contributed by atoms with E-state index in [1.807, 2.05) is 6.92 Å². The number of hydrogen-bond donors (Lipinski definition) is 2. The van der Waals surface area contributed by atoms with Crippen molar-refractivity contribution in [1.82, 2.24) is 5.32 Å². The first-order chi connectivity index (χ1) is 9.25. The Morgan fingerprint density at radius 3 is 2.65 bits per heavy atom. The van der Waals surface area contributed by atoms with Crippen molar-refractivity contribution in [2.45, 2.75) is 44.0 Å². The second kappa shape index (κ2) is 7.19. The van der Waals surface area contributed by atoms with Crippen molar-refractivity contribution < 1.29 is 13.2 Å². The first-order valence-corrected chi connectivity index (χ1v) is 8.72. The number of sulfonamides is 1. The van der Waals surface area contributed by atoms with Gasteiger partial charge in [-0.25, -0.2) is 13.6 Å². The van der Waals surface area contributed by atoms with E-state index in [1.54, 1.807) is 0 Å². The topological polar surface area (TPSA) is 89.3 Å². The molecule has 1 rings (SSSR count). The van der Waals surface area contributed by atoms with E-state index >= 15 is 0 Å². The average molecular weight is 363 g/mol. The molecule has 1 aromatic rings. The molecule has 1 amide bonds. The second-order valence-electron chi connectivity index (χ2n) is 4.70. The summed E-state index contributed by atoms with van der Waals surface area (Å²) in [5.41, 5.74) is 0.264. The zero-order chi connectivity index (χ0) is 15.3. The Hall–Kier alpha value is -0.920. The number of amides is 1. The monoisotopic (exact) mass is 362 g/mol. The molecule has 0 saturated carbocycles. The molecule has 5 nitrogen and oxygen atoms in total. The summed E-state index contributed by atoms with van der Waals surface area (Å²) in [7, 11) is -3.82. The zero-order valence-electron chi connectivity index (χ0n) is 11.5. The number of nitrogens with one attached hydrogen (secondary N) is 1. The molecule has 0 bridgehead atoms. The summed E-state index contributed by atoms with van der Waals surface area (Å²) in [5, 5.41) is 7.91. The van der Waals surface area contributed by atoms with Crippen LogP contribution in [-0.2, 0) is 10.0 Å². The molecular weight excluding hydrogens is 344 g/mol. The number of unbranched alkanes of at least 4 members (excludes halogenated alkanes) is 1. The van der Waals surface area contributed by atoms with Gasteiger partial charge in [0.05, 0.1) is 10.5 Å². The summed E-state index contributed by atoms with van der Waals surface area (Å²) in [6.45, 7) is 4.01. The molecule has 0 radical (unpaired) electrons. The highest BCUT2D eigenvalue weighted by Crippen LogP contribution is 2.20. The lowest BCUT2D eigenvalue weighted by Crippen LogP contribution is -2.32. The van der Waals surface area contributed by atoms with Crippen LogP contribution in [0.25, 0.3) is 0 Å². The normalized spacial score (nSPS) is 13.0. The van der Waals surface area contributed by atoms with Crippen LogP contribution in [0.1, 0.15) is 43.5 Å². The number of rotatable bonds is 6. The van der Waals surface area contributed by atoms with Gasteiger partial charge in [0.25, 0.3) is 5.91 Å².